The van der Waals surface area contributed by atoms with Gasteiger partial charge in [-0.25, -0.2) is 0 Å². The fourth-order valence-electron chi connectivity index (χ4n) is 3.87. The molecule has 0 fully saturated rings. The molecule has 1 heterocycles. The van der Waals surface area contributed by atoms with E-state index in [1.54, 1.807) is 6.92 Å². The van der Waals surface area contributed by atoms with Gasteiger partial charge in [0, 0.05) is 24.2 Å². The molecule has 0 bridgehead atoms. The van der Waals surface area contributed by atoms with Crippen LogP contribution in [0.1, 0.15) is 36.4 Å². The van der Waals surface area contributed by atoms with Crippen molar-refractivity contribution >= 4 is 17.3 Å². The second kappa shape index (κ2) is 5.58. The van der Waals surface area contributed by atoms with E-state index in [4.69, 9.17) is 0 Å². The molecule has 2 N–H and O–H groups in total. The molecular formula is C20H20N2O. The third-order valence-electron chi connectivity index (χ3n) is 4.84. The normalized spacial score (nSPS) is 24.5. The first-order valence-corrected chi connectivity index (χ1v) is 8.12. The number of anilines is 2. The Morgan fingerprint density at radius 2 is 2.00 bits per heavy atom. The highest BCUT2D eigenvalue weighted by Gasteiger charge is 2.37. The number of hydrogen-bond acceptors (Lipinski definition) is 2. The summed E-state index contributed by atoms with van der Waals surface area (Å²) in [4.78, 5) is 11.3. The summed E-state index contributed by atoms with van der Waals surface area (Å²) in [6, 6.07) is 17.1. The van der Waals surface area contributed by atoms with E-state index in [1.165, 1.54) is 16.8 Å². The fraction of sp³-hybridized carbons (Fsp3) is 0.250. The molecule has 23 heavy (non-hydrogen) atoms. The lowest BCUT2D eigenvalue weighted by atomic mass is 9.77. The standard InChI is InChI=1S/C20H20N2O/c1-13(23)21-15-10-11-19-18(12-15)16-8-5-9-17(16)20(22-19)14-6-3-2-4-7-14/h2-8,10-12,16-17,20,22H,9H2,1H3,(H,21,23)/t16-,17-,20+/m1/s1. The maximum Gasteiger partial charge on any atom is 0.221 e. The fourth-order valence-corrected chi connectivity index (χ4v) is 3.87. The van der Waals surface area contributed by atoms with Crippen molar-refractivity contribution in [3.05, 3.63) is 71.8 Å². The summed E-state index contributed by atoms with van der Waals surface area (Å²) in [7, 11) is 0. The Morgan fingerprint density at radius 1 is 1.17 bits per heavy atom. The highest BCUT2D eigenvalue weighted by molar-refractivity contribution is 5.89. The Hall–Kier alpha value is -2.55. The predicted octanol–water partition coefficient (Wildman–Crippen LogP) is 4.47. The van der Waals surface area contributed by atoms with Crippen molar-refractivity contribution in [3.8, 4) is 0 Å². The van der Waals surface area contributed by atoms with Crippen LogP contribution in [0.25, 0.3) is 0 Å². The summed E-state index contributed by atoms with van der Waals surface area (Å²) in [6.07, 6.45) is 5.69. The highest BCUT2D eigenvalue weighted by atomic mass is 16.1. The molecule has 4 rings (SSSR count). The maximum absolute atomic E-state index is 11.3. The lowest BCUT2D eigenvalue weighted by Crippen LogP contribution is -2.29. The molecule has 1 aliphatic heterocycles. The summed E-state index contributed by atoms with van der Waals surface area (Å²) in [5.41, 5.74) is 4.65. The van der Waals surface area contributed by atoms with Crippen molar-refractivity contribution in [3.63, 3.8) is 0 Å². The maximum atomic E-state index is 11.3. The van der Waals surface area contributed by atoms with Crippen molar-refractivity contribution < 1.29 is 4.79 Å². The van der Waals surface area contributed by atoms with E-state index >= 15 is 0 Å². The SMILES string of the molecule is CC(=O)Nc1ccc2c(c1)[C@@H]1C=CC[C@H]1[C@H](c1ccccc1)N2. The topological polar surface area (TPSA) is 41.1 Å². The number of carbonyl (C=O) groups excluding carboxylic acids is 1. The van der Waals surface area contributed by atoms with Gasteiger partial charge in [-0.2, -0.15) is 0 Å². The number of hydrogen-bond donors (Lipinski definition) is 2. The first-order valence-electron chi connectivity index (χ1n) is 8.12. The number of benzene rings is 2. The van der Waals surface area contributed by atoms with E-state index in [0.29, 0.717) is 17.9 Å². The molecule has 2 aromatic carbocycles. The largest absolute Gasteiger partial charge is 0.378 e. The van der Waals surface area contributed by atoms with Crippen LogP contribution in [0.4, 0.5) is 11.4 Å². The van der Waals surface area contributed by atoms with E-state index in [0.717, 1.165) is 12.1 Å². The van der Waals surface area contributed by atoms with Crippen molar-refractivity contribution in [1.82, 2.24) is 0 Å². The minimum atomic E-state index is -0.0330. The number of amides is 1. The predicted molar refractivity (Wildman–Crippen MR) is 93.5 cm³/mol. The Balaban J connectivity index is 1.73. The molecular weight excluding hydrogens is 284 g/mol. The third kappa shape index (κ3) is 2.52. The minimum absolute atomic E-state index is 0.0330. The molecule has 3 atom stereocenters. The summed E-state index contributed by atoms with van der Waals surface area (Å²) < 4.78 is 0. The van der Waals surface area contributed by atoms with Gasteiger partial charge in [-0.1, -0.05) is 42.5 Å². The molecule has 116 valence electrons. The molecule has 2 aromatic rings. The quantitative estimate of drug-likeness (QED) is 0.804. The van der Waals surface area contributed by atoms with Gasteiger partial charge in [-0.15, -0.1) is 0 Å². The van der Waals surface area contributed by atoms with Gasteiger partial charge in [0.2, 0.25) is 5.91 Å². The third-order valence-corrected chi connectivity index (χ3v) is 4.84. The van der Waals surface area contributed by atoms with Crippen LogP contribution in [0.5, 0.6) is 0 Å². The van der Waals surface area contributed by atoms with Crippen LogP contribution in [0.3, 0.4) is 0 Å². The Morgan fingerprint density at radius 3 is 2.78 bits per heavy atom. The summed E-state index contributed by atoms with van der Waals surface area (Å²) in [5.74, 6) is 0.900. The van der Waals surface area contributed by atoms with Gasteiger partial charge >= 0.3 is 0 Å². The molecule has 3 nitrogen and oxygen atoms in total. The van der Waals surface area contributed by atoms with E-state index < -0.39 is 0 Å². The van der Waals surface area contributed by atoms with Crippen molar-refractivity contribution in [2.45, 2.75) is 25.3 Å². The molecule has 0 unspecified atom stereocenters. The number of carbonyl (C=O) groups is 1. The minimum Gasteiger partial charge on any atom is -0.378 e. The molecule has 0 saturated carbocycles. The Kier molecular flexibility index (Phi) is 3.41. The first-order chi connectivity index (χ1) is 11.2. The van der Waals surface area contributed by atoms with Crippen LogP contribution < -0.4 is 10.6 Å². The molecule has 1 aliphatic carbocycles. The van der Waals surface area contributed by atoms with Gasteiger partial charge in [0.1, 0.15) is 0 Å². The van der Waals surface area contributed by atoms with Crippen LogP contribution in [0.2, 0.25) is 0 Å². The van der Waals surface area contributed by atoms with E-state index in [-0.39, 0.29) is 5.91 Å². The average Bonchev–Trinajstić information content (AvgIpc) is 3.04. The number of nitrogens with one attached hydrogen (secondary N) is 2. The van der Waals surface area contributed by atoms with Gasteiger partial charge < -0.3 is 10.6 Å². The van der Waals surface area contributed by atoms with Gasteiger partial charge in [0.25, 0.3) is 0 Å². The van der Waals surface area contributed by atoms with Crippen molar-refractivity contribution in [1.29, 1.82) is 0 Å². The molecule has 3 heteroatoms. The van der Waals surface area contributed by atoms with Gasteiger partial charge in [0.15, 0.2) is 0 Å². The second-order valence-corrected chi connectivity index (χ2v) is 6.37. The molecule has 0 saturated heterocycles. The first kappa shape index (κ1) is 14.1. The zero-order valence-electron chi connectivity index (χ0n) is 13.1. The molecule has 0 radical (unpaired) electrons. The number of fused-ring (bicyclic) bond motifs is 3. The van der Waals surface area contributed by atoms with E-state index in [9.17, 15) is 4.79 Å². The van der Waals surface area contributed by atoms with Crippen LogP contribution in [-0.4, -0.2) is 5.91 Å². The van der Waals surface area contributed by atoms with E-state index in [2.05, 4.69) is 65.3 Å². The zero-order valence-corrected chi connectivity index (χ0v) is 13.1. The van der Waals surface area contributed by atoms with Crippen LogP contribution in [0.15, 0.2) is 60.7 Å². The van der Waals surface area contributed by atoms with E-state index in [1.807, 2.05) is 6.07 Å². The van der Waals surface area contributed by atoms with Crippen molar-refractivity contribution in [2.24, 2.45) is 5.92 Å². The summed E-state index contributed by atoms with van der Waals surface area (Å²) >= 11 is 0. The zero-order chi connectivity index (χ0) is 15.8. The number of rotatable bonds is 2. The molecule has 2 aliphatic rings. The lowest BCUT2D eigenvalue weighted by molar-refractivity contribution is -0.114. The van der Waals surface area contributed by atoms with Gasteiger partial charge in [-0.3, -0.25) is 4.79 Å². The Labute approximate surface area is 136 Å². The average molecular weight is 304 g/mol. The lowest BCUT2D eigenvalue weighted by Gasteiger charge is -2.37. The summed E-state index contributed by atoms with van der Waals surface area (Å²) in [6.45, 7) is 1.54. The summed E-state index contributed by atoms with van der Waals surface area (Å²) in [5, 5.41) is 6.60. The van der Waals surface area contributed by atoms with Crippen LogP contribution in [-0.2, 0) is 4.79 Å². The molecule has 1 amide bonds. The molecule has 0 aromatic heterocycles. The van der Waals surface area contributed by atoms with Crippen molar-refractivity contribution in [2.75, 3.05) is 10.6 Å². The highest BCUT2D eigenvalue weighted by Crippen LogP contribution is 2.50. The molecule has 0 spiro atoms. The van der Waals surface area contributed by atoms with Gasteiger partial charge in [0.05, 0.1) is 6.04 Å². The van der Waals surface area contributed by atoms with Gasteiger partial charge in [-0.05, 0) is 41.7 Å². The van der Waals surface area contributed by atoms with Crippen LogP contribution in [0, 0.1) is 5.92 Å². The van der Waals surface area contributed by atoms with Crippen LogP contribution >= 0.6 is 0 Å². The Bertz CT molecular complexity index is 766. The second-order valence-electron chi connectivity index (χ2n) is 6.37. The number of allylic oxidation sites excluding steroid dienone is 2. The monoisotopic (exact) mass is 304 g/mol. The smallest absolute Gasteiger partial charge is 0.221 e.